The third kappa shape index (κ3) is 7.52. The zero-order chi connectivity index (χ0) is 31.5. The zero-order valence-electron chi connectivity index (χ0n) is 25.7. The maximum absolute atomic E-state index is 14.1. The van der Waals surface area contributed by atoms with E-state index >= 15 is 0 Å². The first kappa shape index (κ1) is 32.3. The molecule has 45 heavy (non-hydrogen) atoms. The van der Waals surface area contributed by atoms with E-state index in [1.165, 1.54) is 19.3 Å². The minimum absolute atomic E-state index is 0.0136. The topological polar surface area (TPSA) is 96.4 Å². The van der Waals surface area contributed by atoms with Crippen LogP contribution >= 0.6 is 31.9 Å². The molecule has 4 aliphatic rings. The normalized spacial score (nSPS) is 20.9. The Morgan fingerprint density at radius 1 is 0.867 bits per heavy atom. The third-order valence-electron chi connectivity index (χ3n) is 10.1. The van der Waals surface area contributed by atoms with Crippen LogP contribution in [0.4, 0.5) is 10.5 Å². The molecule has 0 bridgehead atoms. The lowest BCUT2D eigenvalue weighted by Gasteiger charge is -2.41. The van der Waals surface area contributed by atoms with Crippen molar-refractivity contribution in [1.82, 2.24) is 19.6 Å². The van der Waals surface area contributed by atoms with E-state index in [1.54, 1.807) is 0 Å². The second-order valence-electron chi connectivity index (χ2n) is 13.0. The van der Waals surface area contributed by atoms with Gasteiger partial charge in [-0.05, 0) is 119 Å². The molecule has 0 aromatic heterocycles. The summed E-state index contributed by atoms with van der Waals surface area (Å²) in [5.74, 6) is -0.347. The molecular weight excluding hydrogens is 702 g/mol. The molecule has 1 unspecified atom stereocenters. The van der Waals surface area contributed by atoms with Crippen molar-refractivity contribution in [3.63, 3.8) is 0 Å². The molecule has 11 heteroatoms. The Labute approximate surface area is 282 Å². The molecule has 4 amide bonds. The van der Waals surface area contributed by atoms with Crippen molar-refractivity contribution in [2.45, 2.75) is 76.4 Å². The van der Waals surface area contributed by atoms with Gasteiger partial charge in [0, 0.05) is 56.9 Å². The van der Waals surface area contributed by atoms with Gasteiger partial charge in [0.2, 0.25) is 11.8 Å². The van der Waals surface area contributed by atoms with Gasteiger partial charge in [-0.3, -0.25) is 9.59 Å². The zero-order valence-corrected chi connectivity index (χ0v) is 28.9. The third-order valence-corrected chi connectivity index (χ3v) is 11.3. The number of hydrogen-bond acceptors (Lipinski definition) is 5. The lowest BCUT2D eigenvalue weighted by atomic mass is 9.91. The predicted octanol–water partition coefficient (Wildman–Crippen LogP) is 5.98. The molecule has 6 rings (SSSR count). The molecule has 0 aliphatic carbocycles. The van der Waals surface area contributed by atoms with Gasteiger partial charge in [0.25, 0.3) is 0 Å². The number of urea groups is 1. The maximum atomic E-state index is 14.1. The standard InChI is InChI=1S/C34H43Br2N5O4/c35-28-19-23(20-29(36)32(28)43)18-25(33(44)40-16-8-26(9-17-40)38-12-4-1-5-13-38)21-31(42)39-14-10-27(11-15-39)41-22-24-6-2-3-7-30(24)37-34(41)45/h2-3,6-7,19-20,25-27,43H,1,4-5,8-18,21-22H2,(H,37,45). The van der Waals surface area contributed by atoms with Gasteiger partial charge in [-0.15, -0.1) is 0 Å². The number of benzene rings is 2. The Morgan fingerprint density at radius 2 is 1.49 bits per heavy atom. The van der Waals surface area contributed by atoms with Crippen LogP contribution in [0.15, 0.2) is 45.3 Å². The largest absolute Gasteiger partial charge is 0.506 e. The maximum Gasteiger partial charge on any atom is 0.322 e. The molecule has 9 nitrogen and oxygen atoms in total. The first-order chi connectivity index (χ1) is 21.8. The minimum Gasteiger partial charge on any atom is -0.506 e. The highest BCUT2D eigenvalue weighted by atomic mass is 79.9. The summed E-state index contributed by atoms with van der Waals surface area (Å²) in [4.78, 5) is 49.0. The van der Waals surface area contributed by atoms with Crippen LogP contribution < -0.4 is 5.32 Å². The van der Waals surface area contributed by atoms with E-state index in [-0.39, 0.29) is 36.1 Å². The quantitative estimate of drug-likeness (QED) is 0.364. The van der Waals surface area contributed by atoms with Gasteiger partial charge in [-0.2, -0.15) is 0 Å². The highest BCUT2D eigenvalue weighted by Gasteiger charge is 2.36. The van der Waals surface area contributed by atoms with Crippen LogP contribution in [-0.4, -0.2) is 93.9 Å². The van der Waals surface area contributed by atoms with E-state index in [2.05, 4.69) is 42.1 Å². The fraction of sp³-hybridized carbons (Fsp3) is 0.559. The molecular formula is C34H43Br2N5O4. The lowest BCUT2D eigenvalue weighted by Crippen LogP contribution is -2.52. The number of aromatic hydroxyl groups is 1. The van der Waals surface area contributed by atoms with E-state index in [0.29, 0.717) is 53.9 Å². The summed E-state index contributed by atoms with van der Waals surface area (Å²) in [6, 6.07) is 12.1. The predicted molar refractivity (Wildman–Crippen MR) is 181 cm³/mol. The van der Waals surface area contributed by atoms with Crippen LogP contribution in [0.25, 0.3) is 0 Å². The van der Waals surface area contributed by atoms with Crippen LogP contribution in [0.1, 0.15) is 62.5 Å². The Bertz CT molecular complexity index is 1380. The Balaban J connectivity index is 1.09. The fourth-order valence-electron chi connectivity index (χ4n) is 7.54. The summed E-state index contributed by atoms with van der Waals surface area (Å²) >= 11 is 6.84. The van der Waals surface area contributed by atoms with Crippen molar-refractivity contribution in [1.29, 1.82) is 0 Å². The number of amides is 4. The molecule has 0 saturated carbocycles. The Kier molecular flexibility index (Phi) is 10.4. The molecule has 2 aromatic carbocycles. The van der Waals surface area contributed by atoms with Crippen molar-refractivity contribution in [2.75, 3.05) is 44.6 Å². The van der Waals surface area contributed by atoms with E-state index < -0.39 is 5.92 Å². The van der Waals surface area contributed by atoms with E-state index in [1.807, 2.05) is 51.1 Å². The number of anilines is 1. The van der Waals surface area contributed by atoms with Gasteiger partial charge in [0.1, 0.15) is 5.75 Å². The number of fused-ring (bicyclic) bond motifs is 1. The number of nitrogens with zero attached hydrogens (tertiary/aromatic N) is 4. The smallest absolute Gasteiger partial charge is 0.322 e. The number of likely N-dealkylation sites (tertiary alicyclic amines) is 3. The molecule has 1 atom stereocenters. The average Bonchev–Trinajstić information content (AvgIpc) is 3.06. The number of carbonyl (C=O) groups excluding carboxylic acids is 3. The molecule has 0 spiro atoms. The van der Waals surface area contributed by atoms with Crippen LogP contribution in [0.2, 0.25) is 0 Å². The molecule has 4 heterocycles. The van der Waals surface area contributed by atoms with Gasteiger partial charge in [-0.1, -0.05) is 24.6 Å². The Morgan fingerprint density at radius 3 is 2.18 bits per heavy atom. The summed E-state index contributed by atoms with van der Waals surface area (Å²) in [7, 11) is 0. The number of carbonyl (C=O) groups is 3. The number of phenols is 1. The highest BCUT2D eigenvalue weighted by molar-refractivity contribution is 9.11. The van der Waals surface area contributed by atoms with Gasteiger partial charge < -0.3 is 30.0 Å². The lowest BCUT2D eigenvalue weighted by molar-refractivity contribution is -0.143. The monoisotopic (exact) mass is 743 g/mol. The number of para-hydroxylation sites is 1. The highest BCUT2D eigenvalue weighted by Crippen LogP contribution is 2.35. The van der Waals surface area contributed by atoms with Crippen molar-refractivity contribution >= 4 is 55.4 Å². The molecule has 2 aromatic rings. The summed E-state index contributed by atoms with van der Waals surface area (Å²) < 4.78 is 1.11. The van der Waals surface area contributed by atoms with Gasteiger partial charge >= 0.3 is 6.03 Å². The summed E-state index contributed by atoms with van der Waals surface area (Å²) in [5.41, 5.74) is 2.85. The Hall–Kier alpha value is -2.63. The number of hydrogen-bond donors (Lipinski definition) is 2. The van der Waals surface area contributed by atoms with E-state index in [9.17, 15) is 19.5 Å². The van der Waals surface area contributed by atoms with Gasteiger partial charge in [-0.25, -0.2) is 4.79 Å². The number of halogens is 2. The van der Waals surface area contributed by atoms with Gasteiger partial charge in [0.15, 0.2) is 0 Å². The van der Waals surface area contributed by atoms with Crippen molar-refractivity contribution in [2.24, 2.45) is 5.92 Å². The molecule has 2 N–H and O–H groups in total. The number of phenolic OH excluding ortho intramolecular Hbond substituents is 1. The fourth-order valence-corrected chi connectivity index (χ4v) is 8.83. The van der Waals surface area contributed by atoms with Crippen molar-refractivity contribution in [3.05, 3.63) is 56.5 Å². The van der Waals surface area contributed by atoms with Crippen molar-refractivity contribution < 1.29 is 19.5 Å². The van der Waals surface area contributed by atoms with Crippen molar-refractivity contribution in [3.8, 4) is 5.75 Å². The number of rotatable bonds is 7. The van der Waals surface area contributed by atoms with Crippen LogP contribution in [0.5, 0.6) is 5.75 Å². The first-order valence-electron chi connectivity index (χ1n) is 16.4. The van der Waals surface area contributed by atoms with Gasteiger partial charge in [0.05, 0.1) is 14.9 Å². The van der Waals surface area contributed by atoms with Crippen LogP contribution in [0.3, 0.4) is 0 Å². The summed E-state index contributed by atoms with van der Waals surface area (Å²) in [6.45, 7) is 5.46. The van der Waals surface area contributed by atoms with Crippen LogP contribution in [0, 0.1) is 5.92 Å². The number of piperidine rings is 3. The molecule has 4 aliphatic heterocycles. The summed E-state index contributed by atoms with van der Waals surface area (Å²) in [5, 5.41) is 13.3. The molecule has 0 radical (unpaired) electrons. The second kappa shape index (κ2) is 14.4. The SMILES string of the molecule is O=C(CC(Cc1cc(Br)c(O)c(Br)c1)C(=O)N1CCC(N2CCCCC2)CC1)N1CCC(N2Cc3ccccc3NC2=O)CC1. The average molecular weight is 746 g/mol. The second-order valence-corrected chi connectivity index (χ2v) is 14.7. The molecule has 3 saturated heterocycles. The van der Waals surface area contributed by atoms with E-state index in [4.69, 9.17) is 0 Å². The van der Waals surface area contributed by atoms with Crippen LogP contribution in [-0.2, 0) is 22.6 Å². The minimum atomic E-state index is -0.491. The molecule has 3 fully saturated rings. The number of nitrogens with one attached hydrogen (secondary N) is 1. The van der Waals surface area contributed by atoms with E-state index in [0.717, 1.165) is 55.8 Å². The molecule has 242 valence electrons. The summed E-state index contributed by atoms with van der Waals surface area (Å²) in [6.07, 6.45) is 7.77. The first-order valence-corrected chi connectivity index (χ1v) is 18.0.